The standard InChI is InChI=1S/C15H21N3O4/c1-3-12-10-13(15(19)22-18(20)21)4-5-14(12)11-17-8-6-16(2)7-9-17/h4-5,10H,3,6-9,11H2,1-2H3. The highest BCUT2D eigenvalue weighted by molar-refractivity contribution is 5.89. The fourth-order valence-corrected chi connectivity index (χ4v) is 2.60. The summed E-state index contributed by atoms with van der Waals surface area (Å²) in [6.07, 6.45) is 0.767. The fourth-order valence-electron chi connectivity index (χ4n) is 2.60. The first kappa shape index (κ1) is 16.4. The van der Waals surface area contributed by atoms with Crippen molar-refractivity contribution in [1.82, 2.24) is 9.80 Å². The summed E-state index contributed by atoms with van der Waals surface area (Å²) in [5.41, 5.74) is 2.40. The molecule has 1 saturated heterocycles. The van der Waals surface area contributed by atoms with Crippen LogP contribution in [0.25, 0.3) is 0 Å². The topological polar surface area (TPSA) is 75.9 Å². The summed E-state index contributed by atoms with van der Waals surface area (Å²) in [4.78, 5) is 30.5. The lowest BCUT2D eigenvalue weighted by Gasteiger charge is -2.32. The molecule has 0 saturated carbocycles. The van der Waals surface area contributed by atoms with Crippen LogP contribution in [0, 0.1) is 10.1 Å². The van der Waals surface area contributed by atoms with Gasteiger partial charge in [-0.1, -0.05) is 13.0 Å². The SMILES string of the molecule is CCc1cc(C(=O)O[N+](=O)[O-])ccc1CN1CCN(C)CC1. The van der Waals surface area contributed by atoms with Gasteiger partial charge in [0.15, 0.2) is 0 Å². The maximum Gasteiger partial charge on any atom is 0.334 e. The lowest BCUT2D eigenvalue weighted by molar-refractivity contribution is -0.727. The maximum atomic E-state index is 11.6. The highest BCUT2D eigenvalue weighted by atomic mass is 17.0. The van der Waals surface area contributed by atoms with Gasteiger partial charge in [-0.3, -0.25) is 9.69 Å². The minimum absolute atomic E-state index is 0.218. The molecular formula is C15H21N3O4. The number of carbonyl (C=O) groups excluding carboxylic acids is 1. The molecule has 1 fully saturated rings. The van der Waals surface area contributed by atoms with E-state index in [0.29, 0.717) is 0 Å². The zero-order valence-electron chi connectivity index (χ0n) is 12.9. The molecule has 0 atom stereocenters. The van der Waals surface area contributed by atoms with Gasteiger partial charge in [-0.25, -0.2) is 4.84 Å². The summed E-state index contributed by atoms with van der Waals surface area (Å²) in [6.45, 7) is 6.98. The van der Waals surface area contributed by atoms with E-state index in [2.05, 4.69) is 21.7 Å². The fraction of sp³-hybridized carbons (Fsp3) is 0.533. The molecule has 0 N–H and O–H groups in total. The molecule has 0 radical (unpaired) electrons. The van der Waals surface area contributed by atoms with Crippen LogP contribution >= 0.6 is 0 Å². The Kier molecular flexibility index (Phi) is 5.46. The Morgan fingerprint density at radius 3 is 2.55 bits per heavy atom. The highest BCUT2D eigenvalue weighted by Crippen LogP contribution is 2.17. The van der Waals surface area contributed by atoms with E-state index in [1.807, 2.05) is 13.0 Å². The van der Waals surface area contributed by atoms with Crippen LogP contribution in [-0.4, -0.2) is 54.1 Å². The van der Waals surface area contributed by atoms with Crippen LogP contribution in [0.5, 0.6) is 0 Å². The molecule has 1 aromatic rings. The van der Waals surface area contributed by atoms with E-state index in [9.17, 15) is 14.9 Å². The largest absolute Gasteiger partial charge is 0.334 e. The Morgan fingerprint density at radius 1 is 1.27 bits per heavy atom. The smallest absolute Gasteiger partial charge is 0.304 e. The molecule has 7 nitrogen and oxygen atoms in total. The number of aryl methyl sites for hydroxylation is 1. The molecule has 1 aliphatic rings. The molecule has 120 valence electrons. The lowest BCUT2D eigenvalue weighted by Crippen LogP contribution is -2.44. The molecule has 0 spiro atoms. The minimum atomic E-state index is -1.08. The van der Waals surface area contributed by atoms with Crippen molar-refractivity contribution in [3.8, 4) is 0 Å². The van der Waals surface area contributed by atoms with Gasteiger partial charge < -0.3 is 4.90 Å². The van der Waals surface area contributed by atoms with Gasteiger partial charge in [-0.05, 0) is 36.7 Å². The number of rotatable bonds is 5. The first-order chi connectivity index (χ1) is 10.5. The molecule has 0 bridgehead atoms. The minimum Gasteiger partial charge on any atom is -0.304 e. The summed E-state index contributed by atoms with van der Waals surface area (Å²) >= 11 is 0. The average molecular weight is 307 g/mol. The number of benzene rings is 1. The predicted molar refractivity (Wildman–Crippen MR) is 81.0 cm³/mol. The highest BCUT2D eigenvalue weighted by Gasteiger charge is 2.17. The van der Waals surface area contributed by atoms with Crippen molar-refractivity contribution in [1.29, 1.82) is 0 Å². The monoisotopic (exact) mass is 307 g/mol. The van der Waals surface area contributed by atoms with E-state index in [0.717, 1.165) is 50.3 Å². The van der Waals surface area contributed by atoms with E-state index in [1.165, 1.54) is 0 Å². The van der Waals surface area contributed by atoms with Crippen molar-refractivity contribution in [2.75, 3.05) is 33.2 Å². The van der Waals surface area contributed by atoms with Crippen LogP contribution in [0.1, 0.15) is 28.4 Å². The van der Waals surface area contributed by atoms with Gasteiger partial charge in [0.2, 0.25) is 0 Å². The second-order valence-corrected chi connectivity index (χ2v) is 5.52. The van der Waals surface area contributed by atoms with Gasteiger partial charge in [0, 0.05) is 38.3 Å². The van der Waals surface area contributed by atoms with E-state index >= 15 is 0 Å². The van der Waals surface area contributed by atoms with Crippen molar-refractivity contribution in [3.05, 3.63) is 45.0 Å². The first-order valence-corrected chi connectivity index (χ1v) is 7.39. The molecular weight excluding hydrogens is 286 g/mol. The van der Waals surface area contributed by atoms with Gasteiger partial charge >= 0.3 is 11.1 Å². The van der Waals surface area contributed by atoms with E-state index in [-0.39, 0.29) is 5.56 Å². The van der Waals surface area contributed by atoms with Gasteiger partial charge in [0.25, 0.3) is 0 Å². The zero-order valence-corrected chi connectivity index (χ0v) is 12.9. The molecule has 2 rings (SSSR count). The van der Waals surface area contributed by atoms with Crippen molar-refractivity contribution >= 4 is 5.97 Å². The molecule has 1 aliphatic heterocycles. The van der Waals surface area contributed by atoms with Crippen molar-refractivity contribution in [2.24, 2.45) is 0 Å². The molecule has 0 aliphatic carbocycles. The van der Waals surface area contributed by atoms with Gasteiger partial charge in [0.1, 0.15) is 0 Å². The predicted octanol–water partition coefficient (Wildman–Crippen LogP) is 1.34. The molecule has 22 heavy (non-hydrogen) atoms. The Hall–Kier alpha value is -1.99. The van der Waals surface area contributed by atoms with Crippen molar-refractivity contribution in [3.63, 3.8) is 0 Å². The van der Waals surface area contributed by atoms with E-state index in [1.54, 1.807) is 12.1 Å². The van der Waals surface area contributed by atoms with Crippen LogP contribution < -0.4 is 0 Å². The number of nitrogens with zero attached hydrogens (tertiary/aromatic N) is 3. The second kappa shape index (κ2) is 7.33. The number of hydrogen-bond acceptors (Lipinski definition) is 6. The molecule has 0 unspecified atom stereocenters. The lowest BCUT2D eigenvalue weighted by atomic mass is 10.0. The molecule has 0 aromatic heterocycles. The van der Waals surface area contributed by atoms with Crippen molar-refractivity contribution < 1.29 is 14.7 Å². The number of piperazine rings is 1. The molecule has 1 heterocycles. The summed E-state index contributed by atoms with van der Waals surface area (Å²) in [7, 11) is 2.12. The van der Waals surface area contributed by atoms with Crippen LogP contribution in [-0.2, 0) is 17.8 Å². The summed E-state index contributed by atoms with van der Waals surface area (Å²) in [5, 5.41) is 9.17. The number of hydrogen-bond donors (Lipinski definition) is 0. The van der Waals surface area contributed by atoms with E-state index in [4.69, 9.17) is 0 Å². The van der Waals surface area contributed by atoms with Crippen LogP contribution in [0.2, 0.25) is 0 Å². The van der Waals surface area contributed by atoms with Gasteiger partial charge in [0.05, 0.1) is 0 Å². The normalized spacial score (nSPS) is 16.5. The summed E-state index contributed by atoms with van der Waals surface area (Å²) in [5.74, 6) is -0.925. The molecule has 0 amide bonds. The van der Waals surface area contributed by atoms with Gasteiger partial charge in [-0.2, -0.15) is 0 Å². The Bertz CT molecular complexity index is 554. The quantitative estimate of drug-likeness (QED) is 0.603. The third-order valence-corrected chi connectivity index (χ3v) is 3.97. The zero-order chi connectivity index (χ0) is 16.1. The molecule has 7 heteroatoms. The summed E-state index contributed by atoms with van der Waals surface area (Å²) < 4.78 is 0. The Balaban J connectivity index is 2.09. The van der Waals surface area contributed by atoms with Crippen molar-refractivity contribution in [2.45, 2.75) is 19.9 Å². The van der Waals surface area contributed by atoms with Crippen LogP contribution in [0.4, 0.5) is 0 Å². The maximum absolute atomic E-state index is 11.6. The average Bonchev–Trinajstić information content (AvgIpc) is 2.49. The third-order valence-electron chi connectivity index (χ3n) is 3.97. The number of likely N-dealkylation sites (N-methyl/N-ethyl adjacent to an activating group) is 1. The number of carbonyl (C=O) groups is 1. The van der Waals surface area contributed by atoms with E-state index < -0.39 is 11.1 Å². The molecule has 1 aromatic carbocycles. The second-order valence-electron chi connectivity index (χ2n) is 5.52. The Labute approximate surface area is 129 Å². The van der Waals surface area contributed by atoms with Crippen LogP contribution in [0.15, 0.2) is 18.2 Å². The van der Waals surface area contributed by atoms with Crippen LogP contribution in [0.3, 0.4) is 0 Å². The first-order valence-electron chi connectivity index (χ1n) is 7.39. The Morgan fingerprint density at radius 2 is 1.95 bits per heavy atom. The summed E-state index contributed by atoms with van der Waals surface area (Å²) in [6, 6.07) is 5.15. The van der Waals surface area contributed by atoms with Gasteiger partial charge in [-0.15, -0.1) is 10.1 Å². The third kappa shape index (κ3) is 4.25.